The summed E-state index contributed by atoms with van der Waals surface area (Å²) in [6.45, 7) is 3.93. The highest BCUT2D eigenvalue weighted by Gasteiger charge is 2.06. The molecule has 18 heavy (non-hydrogen) atoms. The van der Waals surface area contributed by atoms with E-state index in [-0.39, 0.29) is 0 Å². The van der Waals surface area contributed by atoms with Crippen LogP contribution in [0.4, 0.5) is 0 Å². The first-order valence-electron chi connectivity index (χ1n) is 5.73. The van der Waals surface area contributed by atoms with Gasteiger partial charge in [0.1, 0.15) is 5.82 Å². The van der Waals surface area contributed by atoms with Crippen LogP contribution in [0.3, 0.4) is 0 Å². The SMILES string of the molecule is Cc1ccc(Cl)c(-c2ccc3nc(C)nn3c2)c1. The van der Waals surface area contributed by atoms with Crippen molar-refractivity contribution in [2.45, 2.75) is 13.8 Å². The van der Waals surface area contributed by atoms with Crippen molar-refractivity contribution < 1.29 is 0 Å². The molecule has 1 aromatic carbocycles. The number of pyridine rings is 1. The molecule has 0 aliphatic heterocycles. The minimum absolute atomic E-state index is 0.747. The molecule has 0 aliphatic carbocycles. The molecule has 0 N–H and O–H groups in total. The molecule has 3 rings (SSSR count). The van der Waals surface area contributed by atoms with E-state index in [9.17, 15) is 0 Å². The first-order chi connectivity index (χ1) is 8.63. The number of aromatic nitrogens is 3. The predicted octanol–water partition coefficient (Wildman–Crippen LogP) is 3.67. The lowest BCUT2D eigenvalue weighted by Crippen LogP contribution is -1.89. The lowest BCUT2D eigenvalue weighted by atomic mass is 10.1. The Morgan fingerprint density at radius 2 is 1.94 bits per heavy atom. The fourth-order valence-electron chi connectivity index (χ4n) is 2.01. The van der Waals surface area contributed by atoms with Crippen LogP contribution in [0, 0.1) is 13.8 Å². The van der Waals surface area contributed by atoms with Crippen LogP contribution in [0.25, 0.3) is 16.8 Å². The molecule has 0 atom stereocenters. The van der Waals surface area contributed by atoms with Crippen molar-refractivity contribution >= 4 is 17.2 Å². The Bertz CT molecular complexity index is 731. The summed E-state index contributed by atoms with van der Waals surface area (Å²) in [4.78, 5) is 4.31. The normalized spacial score (nSPS) is 11.1. The summed E-state index contributed by atoms with van der Waals surface area (Å²) < 4.78 is 1.78. The summed E-state index contributed by atoms with van der Waals surface area (Å²) in [6, 6.07) is 9.97. The molecule has 0 aliphatic rings. The minimum atomic E-state index is 0.747. The molecule has 0 saturated carbocycles. The van der Waals surface area contributed by atoms with Crippen LogP contribution in [-0.4, -0.2) is 14.6 Å². The van der Waals surface area contributed by atoms with Gasteiger partial charge in [-0.15, -0.1) is 0 Å². The Kier molecular flexibility index (Phi) is 2.56. The van der Waals surface area contributed by atoms with Gasteiger partial charge >= 0.3 is 0 Å². The van der Waals surface area contributed by atoms with Gasteiger partial charge in [-0.25, -0.2) is 9.50 Å². The Labute approximate surface area is 110 Å². The molecule has 0 bridgehead atoms. The van der Waals surface area contributed by atoms with Crippen molar-refractivity contribution in [2.24, 2.45) is 0 Å². The Morgan fingerprint density at radius 3 is 2.78 bits per heavy atom. The lowest BCUT2D eigenvalue weighted by molar-refractivity contribution is 0.932. The van der Waals surface area contributed by atoms with Crippen LogP contribution >= 0.6 is 11.6 Å². The Morgan fingerprint density at radius 1 is 1.11 bits per heavy atom. The molecular formula is C14H12ClN3. The van der Waals surface area contributed by atoms with Crippen LogP contribution in [0.15, 0.2) is 36.5 Å². The smallest absolute Gasteiger partial charge is 0.155 e. The van der Waals surface area contributed by atoms with E-state index in [1.165, 1.54) is 5.56 Å². The van der Waals surface area contributed by atoms with Crippen molar-refractivity contribution in [3.63, 3.8) is 0 Å². The molecule has 90 valence electrons. The second kappa shape index (κ2) is 4.10. The Hall–Kier alpha value is -1.87. The molecular weight excluding hydrogens is 246 g/mol. The maximum atomic E-state index is 6.24. The second-order valence-corrected chi connectivity index (χ2v) is 4.77. The van der Waals surface area contributed by atoms with Gasteiger partial charge in [0, 0.05) is 22.3 Å². The van der Waals surface area contributed by atoms with Gasteiger partial charge in [-0.1, -0.05) is 23.2 Å². The number of hydrogen-bond donors (Lipinski definition) is 0. The molecule has 0 fully saturated rings. The van der Waals surface area contributed by atoms with Gasteiger partial charge in [-0.3, -0.25) is 0 Å². The van der Waals surface area contributed by atoms with E-state index in [0.717, 1.165) is 27.6 Å². The zero-order chi connectivity index (χ0) is 12.7. The first kappa shape index (κ1) is 11.2. The largest absolute Gasteiger partial charge is 0.220 e. The van der Waals surface area contributed by atoms with Crippen molar-refractivity contribution in [3.8, 4) is 11.1 Å². The molecule has 3 aromatic rings. The predicted molar refractivity (Wildman–Crippen MR) is 72.9 cm³/mol. The summed E-state index contributed by atoms with van der Waals surface area (Å²) >= 11 is 6.24. The minimum Gasteiger partial charge on any atom is -0.220 e. The monoisotopic (exact) mass is 257 g/mol. The number of benzene rings is 1. The van der Waals surface area contributed by atoms with Gasteiger partial charge in [-0.2, -0.15) is 5.10 Å². The highest BCUT2D eigenvalue weighted by Crippen LogP contribution is 2.28. The van der Waals surface area contributed by atoms with Crippen molar-refractivity contribution in [1.29, 1.82) is 0 Å². The van der Waals surface area contributed by atoms with Gasteiger partial charge in [0.2, 0.25) is 0 Å². The molecule has 0 unspecified atom stereocenters. The average Bonchev–Trinajstić information content (AvgIpc) is 2.71. The number of hydrogen-bond acceptors (Lipinski definition) is 2. The Balaban J connectivity index is 2.21. The van der Waals surface area contributed by atoms with Crippen LogP contribution in [-0.2, 0) is 0 Å². The maximum Gasteiger partial charge on any atom is 0.155 e. The van der Waals surface area contributed by atoms with Crippen LogP contribution in [0.1, 0.15) is 11.4 Å². The number of aryl methyl sites for hydroxylation is 2. The van der Waals surface area contributed by atoms with E-state index in [4.69, 9.17) is 11.6 Å². The highest BCUT2D eigenvalue weighted by molar-refractivity contribution is 6.33. The molecule has 4 heteroatoms. The first-order valence-corrected chi connectivity index (χ1v) is 6.11. The van der Waals surface area contributed by atoms with Crippen LogP contribution in [0.5, 0.6) is 0 Å². The van der Waals surface area contributed by atoms with E-state index < -0.39 is 0 Å². The third kappa shape index (κ3) is 1.87. The number of fused-ring (bicyclic) bond motifs is 1. The van der Waals surface area contributed by atoms with Gasteiger partial charge in [0.15, 0.2) is 5.65 Å². The molecule has 3 nitrogen and oxygen atoms in total. The zero-order valence-electron chi connectivity index (χ0n) is 10.2. The van der Waals surface area contributed by atoms with Crippen molar-refractivity contribution in [3.05, 3.63) is 52.9 Å². The average molecular weight is 258 g/mol. The van der Waals surface area contributed by atoms with Gasteiger partial charge < -0.3 is 0 Å². The van der Waals surface area contributed by atoms with Crippen molar-refractivity contribution in [2.75, 3.05) is 0 Å². The van der Waals surface area contributed by atoms with E-state index in [1.54, 1.807) is 4.52 Å². The number of rotatable bonds is 1. The van der Waals surface area contributed by atoms with E-state index in [0.29, 0.717) is 0 Å². The fraction of sp³-hybridized carbons (Fsp3) is 0.143. The fourth-order valence-corrected chi connectivity index (χ4v) is 2.24. The van der Waals surface area contributed by atoms with Crippen LogP contribution in [0.2, 0.25) is 5.02 Å². The molecule has 0 saturated heterocycles. The summed E-state index contributed by atoms with van der Waals surface area (Å²) in [7, 11) is 0. The summed E-state index contributed by atoms with van der Waals surface area (Å²) in [5.74, 6) is 0.766. The topological polar surface area (TPSA) is 30.2 Å². The van der Waals surface area contributed by atoms with E-state index >= 15 is 0 Å². The van der Waals surface area contributed by atoms with Gasteiger partial charge in [-0.05, 0) is 38.1 Å². The molecule has 0 radical (unpaired) electrons. The molecule has 2 heterocycles. The maximum absolute atomic E-state index is 6.24. The molecule has 0 spiro atoms. The van der Waals surface area contributed by atoms with Gasteiger partial charge in [0.05, 0.1) is 0 Å². The molecule has 2 aromatic heterocycles. The lowest BCUT2D eigenvalue weighted by Gasteiger charge is -2.06. The summed E-state index contributed by atoms with van der Waals surface area (Å²) in [6.07, 6.45) is 1.95. The van der Waals surface area contributed by atoms with Gasteiger partial charge in [0.25, 0.3) is 0 Å². The standard InChI is InChI=1S/C14H12ClN3/c1-9-3-5-13(15)12(7-9)11-4-6-14-16-10(2)17-18(14)8-11/h3-8H,1-2H3. The molecule has 0 amide bonds. The third-order valence-electron chi connectivity index (χ3n) is 2.87. The summed E-state index contributed by atoms with van der Waals surface area (Å²) in [5, 5.41) is 5.06. The van der Waals surface area contributed by atoms with Crippen LogP contribution < -0.4 is 0 Å². The third-order valence-corrected chi connectivity index (χ3v) is 3.20. The second-order valence-electron chi connectivity index (χ2n) is 4.36. The van der Waals surface area contributed by atoms with E-state index in [1.807, 2.05) is 37.4 Å². The van der Waals surface area contributed by atoms with E-state index in [2.05, 4.69) is 23.1 Å². The zero-order valence-corrected chi connectivity index (χ0v) is 10.9. The highest BCUT2D eigenvalue weighted by atomic mass is 35.5. The quantitative estimate of drug-likeness (QED) is 0.666. The summed E-state index contributed by atoms with van der Waals surface area (Å²) in [5.41, 5.74) is 4.09. The van der Waals surface area contributed by atoms with Crippen molar-refractivity contribution in [1.82, 2.24) is 14.6 Å². The number of halogens is 1. The number of nitrogens with zero attached hydrogens (tertiary/aromatic N) is 3.